The molecule has 0 aromatic heterocycles. The molecule has 0 saturated carbocycles. The molecule has 1 aromatic carbocycles. The zero-order chi connectivity index (χ0) is 13.2. The predicted molar refractivity (Wildman–Crippen MR) is 73.3 cm³/mol. The van der Waals surface area contributed by atoms with Crippen molar-refractivity contribution in [1.82, 2.24) is 4.90 Å². The van der Waals surface area contributed by atoms with Gasteiger partial charge in [0.15, 0.2) is 0 Å². The summed E-state index contributed by atoms with van der Waals surface area (Å²) in [7, 11) is 4.13. The summed E-state index contributed by atoms with van der Waals surface area (Å²) in [5.41, 5.74) is 6.83. The van der Waals surface area contributed by atoms with Crippen LogP contribution in [0, 0.1) is 5.82 Å². The van der Waals surface area contributed by atoms with E-state index in [9.17, 15) is 4.39 Å². The lowest BCUT2D eigenvalue weighted by Gasteiger charge is -2.48. The smallest absolute Gasteiger partial charge is 0.125 e. The fourth-order valence-electron chi connectivity index (χ4n) is 2.87. The van der Waals surface area contributed by atoms with E-state index >= 15 is 0 Å². The molecule has 1 fully saturated rings. The maximum atomic E-state index is 13.3. The number of likely N-dealkylation sites (tertiary alicyclic amines) is 1. The number of piperidine rings is 1. The highest BCUT2D eigenvalue weighted by Gasteiger charge is 2.37. The Morgan fingerprint density at radius 1 is 1.50 bits per heavy atom. The minimum Gasteiger partial charge on any atom is -0.366 e. The molecule has 1 aromatic rings. The van der Waals surface area contributed by atoms with Gasteiger partial charge in [0.05, 0.1) is 5.54 Å². The molecule has 1 saturated heterocycles. The number of hydrogen-bond donors (Lipinski definition) is 1. The SMILES string of the molecule is CN1CCCC(CN)(N(C)c2cccc(F)c2)C1. The monoisotopic (exact) mass is 251 g/mol. The van der Waals surface area contributed by atoms with Crippen molar-refractivity contribution < 1.29 is 4.39 Å². The lowest BCUT2D eigenvalue weighted by atomic mass is 9.87. The molecule has 3 nitrogen and oxygen atoms in total. The van der Waals surface area contributed by atoms with Gasteiger partial charge in [-0.05, 0) is 44.6 Å². The molecule has 1 heterocycles. The van der Waals surface area contributed by atoms with Gasteiger partial charge in [0.25, 0.3) is 0 Å². The minimum atomic E-state index is -0.198. The standard InChI is InChI=1S/C14H22FN3/c1-17-8-4-7-14(10-16,11-17)18(2)13-6-3-5-12(15)9-13/h3,5-6,9H,4,7-8,10-11,16H2,1-2H3. The van der Waals surface area contributed by atoms with Gasteiger partial charge in [0.2, 0.25) is 0 Å². The Morgan fingerprint density at radius 2 is 2.28 bits per heavy atom. The predicted octanol–water partition coefficient (Wildman–Crippen LogP) is 1.68. The first-order valence-corrected chi connectivity index (χ1v) is 6.45. The highest BCUT2D eigenvalue weighted by Crippen LogP contribution is 2.30. The average Bonchev–Trinajstić information content (AvgIpc) is 2.37. The summed E-state index contributed by atoms with van der Waals surface area (Å²) in [6.45, 7) is 2.62. The quantitative estimate of drug-likeness (QED) is 0.887. The van der Waals surface area contributed by atoms with Crippen LogP contribution in [-0.4, -0.2) is 44.2 Å². The number of benzene rings is 1. The van der Waals surface area contributed by atoms with Gasteiger partial charge >= 0.3 is 0 Å². The zero-order valence-electron chi connectivity index (χ0n) is 11.2. The molecule has 18 heavy (non-hydrogen) atoms. The van der Waals surface area contributed by atoms with E-state index < -0.39 is 0 Å². The Kier molecular flexibility index (Phi) is 3.88. The highest BCUT2D eigenvalue weighted by molar-refractivity contribution is 5.49. The molecule has 1 unspecified atom stereocenters. The summed E-state index contributed by atoms with van der Waals surface area (Å²) in [5.74, 6) is -0.198. The van der Waals surface area contributed by atoms with E-state index in [-0.39, 0.29) is 11.4 Å². The molecule has 1 aliphatic rings. The fourth-order valence-corrected chi connectivity index (χ4v) is 2.87. The maximum Gasteiger partial charge on any atom is 0.125 e. The summed E-state index contributed by atoms with van der Waals surface area (Å²) in [6, 6.07) is 6.73. The Labute approximate surface area is 108 Å². The van der Waals surface area contributed by atoms with E-state index in [0.29, 0.717) is 6.54 Å². The third-order valence-electron chi connectivity index (χ3n) is 4.03. The number of anilines is 1. The third-order valence-corrected chi connectivity index (χ3v) is 4.03. The van der Waals surface area contributed by atoms with E-state index in [0.717, 1.165) is 31.6 Å². The normalized spacial score (nSPS) is 25.1. The second-order valence-electron chi connectivity index (χ2n) is 5.31. The van der Waals surface area contributed by atoms with E-state index in [4.69, 9.17) is 5.73 Å². The molecule has 2 N–H and O–H groups in total. The number of rotatable bonds is 3. The van der Waals surface area contributed by atoms with Gasteiger partial charge in [-0.1, -0.05) is 6.07 Å². The van der Waals surface area contributed by atoms with Crippen molar-refractivity contribution in [3.63, 3.8) is 0 Å². The van der Waals surface area contributed by atoms with Crippen LogP contribution in [0.15, 0.2) is 24.3 Å². The molecule has 2 rings (SSSR count). The minimum absolute atomic E-state index is 0.0825. The number of nitrogens with two attached hydrogens (primary N) is 1. The van der Waals surface area contributed by atoms with Gasteiger partial charge in [0.1, 0.15) is 5.82 Å². The van der Waals surface area contributed by atoms with Crippen LogP contribution in [0.5, 0.6) is 0 Å². The number of nitrogens with zero attached hydrogens (tertiary/aromatic N) is 2. The van der Waals surface area contributed by atoms with Crippen molar-refractivity contribution in [3.8, 4) is 0 Å². The molecule has 0 spiro atoms. The first-order valence-electron chi connectivity index (χ1n) is 6.45. The molecule has 1 aliphatic heterocycles. The molecule has 4 heteroatoms. The van der Waals surface area contributed by atoms with Crippen molar-refractivity contribution >= 4 is 5.69 Å². The van der Waals surface area contributed by atoms with Gasteiger partial charge in [0, 0.05) is 25.8 Å². The van der Waals surface area contributed by atoms with Gasteiger partial charge < -0.3 is 15.5 Å². The van der Waals surface area contributed by atoms with E-state index in [1.165, 1.54) is 6.07 Å². The number of likely N-dealkylation sites (N-methyl/N-ethyl adjacent to an activating group) is 2. The first kappa shape index (κ1) is 13.3. The Hall–Kier alpha value is -1.13. The summed E-state index contributed by atoms with van der Waals surface area (Å²) >= 11 is 0. The third kappa shape index (κ3) is 2.49. The van der Waals surface area contributed by atoms with Gasteiger partial charge in [-0.25, -0.2) is 4.39 Å². The number of halogens is 1. The van der Waals surface area contributed by atoms with Crippen LogP contribution in [0.2, 0.25) is 0 Å². The van der Waals surface area contributed by atoms with Crippen LogP contribution in [0.3, 0.4) is 0 Å². The summed E-state index contributed by atoms with van der Waals surface area (Å²) in [4.78, 5) is 4.44. The molecule has 100 valence electrons. The molecule has 0 amide bonds. The van der Waals surface area contributed by atoms with Gasteiger partial charge in [-0.15, -0.1) is 0 Å². The molecular formula is C14H22FN3. The Morgan fingerprint density at radius 3 is 2.89 bits per heavy atom. The number of hydrogen-bond acceptors (Lipinski definition) is 3. The lowest BCUT2D eigenvalue weighted by molar-refractivity contribution is 0.178. The van der Waals surface area contributed by atoms with Crippen LogP contribution in [0.25, 0.3) is 0 Å². The first-order chi connectivity index (χ1) is 8.57. The van der Waals surface area contributed by atoms with Crippen molar-refractivity contribution in [2.45, 2.75) is 18.4 Å². The zero-order valence-corrected chi connectivity index (χ0v) is 11.2. The molecule has 0 radical (unpaired) electrons. The Balaban J connectivity index is 2.26. The highest BCUT2D eigenvalue weighted by atomic mass is 19.1. The van der Waals surface area contributed by atoms with Crippen molar-refractivity contribution in [3.05, 3.63) is 30.1 Å². The van der Waals surface area contributed by atoms with Crippen LogP contribution >= 0.6 is 0 Å². The van der Waals surface area contributed by atoms with Crippen molar-refractivity contribution in [2.75, 3.05) is 38.6 Å². The fraction of sp³-hybridized carbons (Fsp3) is 0.571. The average molecular weight is 251 g/mol. The maximum absolute atomic E-state index is 13.3. The molecular weight excluding hydrogens is 229 g/mol. The second-order valence-corrected chi connectivity index (χ2v) is 5.31. The van der Waals surface area contributed by atoms with Crippen LogP contribution in [-0.2, 0) is 0 Å². The Bertz CT molecular complexity index is 410. The molecule has 0 bridgehead atoms. The van der Waals surface area contributed by atoms with Gasteiger partial charge in [-0.2, -0.15) is 0 Å². The topological polar surface area (TPSA) is 32.5 Å². The molecule has 1 atom stereocenters. The van der Waals surface area contributed by atoms with Crippen LogP contribution < -0.4 is 10.6 Å². The summed E-state index contributed by atoms with van der Waals surface area (Å²) in [6.07, 6.45) is 2.19. The van der Waals surface area contributed by atoms with Crippen LogP contribution in [0.1, 0.15) is 12.8 Å². The summed E-state index contributed by atoms with van der Waals surface area (Å²) in [5, 5.41) is 0. The van der Waals surface area contributed by atoms with E-state index in [1.54, 1.807) is 12.1 Å². The van der Waals surface area contributed by atoms with Crippen LogP contribution in [0.4, 0.5) is 10.1 Å². The van der Waals surface area contributed by atoms with Crippen molar-refractivity contribution in [1.29, 1.82) is 0 Å². The lowest BCUT2D eigenvalue weighted by Crippen LogP contribution is -2.61. The van der Waals surface area contributed by atoms with E-state index in [1.807, 2.05) is 13.1 Å². The van der Waals surface area contributed by atoms with Gasteiger partial charge in [-0.3, -0.25) is 0 Å². The molecule has 0 aliphatic carbocycles. The van der Waals surface area contributed by atoms with Crippen molar-refractivity contribution in [2.24, 2.45) is 5.73 Å². The largest absolute Gasteiger partial charge is 0.366 e. The second kappa shape index (κ2) is 5.24. The van der Waals surface area contributed by atoms with E-state index in [2.05, 4.69) is 16.8 Å². The summed E-state index contributed by atoms with van der Waals surface area (Å²) < 4.78 is 13.3.